The fourth-order valence-corrected chi connectivity index (χ4v) is 4.16. The molecule has 2 atom stereocenters. The molecule has 1 aromatic carbocycles. The van der Waals surface area contributed by atoms with E-state index >= 15 is 0 Å². The van der Waals surface area contributed by atoms with Gasteiger partial charge in [-0.3, -0.25) is 0 Å². The fraction of sp³-hybridized carbons (Fsp3) is 0.625. The molecule has 2 nitrogen and oxygen atoms in total. The second-order valence-electron chi connectivity index (χ2n) is 5.66. The molecule has 3 heteroatoms. The summed E-state index contributed by atoms with van der Waals surface area (Å²) in [6.07, 6.45) is 6.80. The first-order valence-electron chi connectivity index (χ1n) is 7.46. The van der Waals surface area contributed by atoms with Crippen LogP contribution in [0.4, 0.5) is 5.69 Å². The molecule has 1 aliphatic carbocycles. The lowest BCUT2D eigenvalue weighted by molar-refractivity contribution is 0.210. The number of hydrogen-bond acceptors (Lipinski definition) is 3. The summed E-state index contributed by atoms with van der Waals surface area (Å²) in [5, 5.41) is 4.35. The molecule has 1 aliphatic heterocycles. The van der Waals surface area contributed by atoms with Gasteiger partial charge in [0.25, 0.3) is 0 Å². The van der Waals surface area contributed by atoms with Gasteiger partial charge in [-0.15, -0.1) is 0 Å². The van der Waals surface area contributed by atoms with Gasteiger partial charge in [0.2, 0.25) is 0 Å². The number of thioether (sulfide) groups is 1. The predicted octanol–water partition coefficient (Wildman–Crippen LogP) is 4.31. The molecule has 2 unspecified atom stereocenters. The van der Waals surface area contributed by atoms with Gasteiger partial charge in [0.1, 0.15) is 5.75 Å². The molecule has 0 spiro atoms. The van der Waals surface area contributed by atoms with Crippen LogP contribution in [0.3, 0.4) is 0 Å². The molecular formula is C16H23NOS. The van der Waals surface area contributed by atoms with Gasteiger partial charge in [-0.2, -0.15) is 11.8 Å². The molecule has 3 rings (SSSR count). The Morgan fingerprint density at radius 3 is 2.47 bits per heavy atom. The molecule has 0 radical (unpaired) electrons. The lowest BCUT2D eigenvalue weighted by atomic mass is 10.1. The highest BCUT2D eigenvalue weighted by Crippen LogP contribution is 2.30. The molecule has 0 amide bonds. The number of hydrogen-bond donors (Lipinski definition) is 1. The maximum atomic E-state index is 5.99. The van der Waals surface area contributed by atoms with E-state index in [1.54, 1.807) is 0 Å². The number of nitrogens with one attached hydrogen (secondary N) is 1. The van der Waals surface area contributed by atoms with Crippen molar-refractivity contribution in [2.75, 3.05) is 11.1 Å². The molecule has 0 bridgehead atoms. The standard InChI is InChI=1S/C16H23NOS/c1-12-16(10-11-19-12)17-13-6-8-15(9-7-13)18-14-4-2-3-5-14/h6-9,12,14,16-17H,2-5,10-11H2,1H3. The topological polar surface area (TPSA) is 21.3 Å². The van der Waals surface area contributed by atoms with E-state index in [2.05, 4.69) is 48.3 Å². The van der Waals surface area contributed by atoms with Gasteiger partial charge >= 0.3 is 0 Å². The number of ether oxygens (including phenoxy) is 1. The Labute approximate surface area is 120 Å². The van der Waals surface area contributed by atoms with Gasteiger partial charge in [-0.05, 0) is 62.1 Å². The Morgan fingerprint density at radius 2 is 1.84 bits per heavy atom. The molecule has 1 aromatic rings. The molecule has 104 valence electrons. The normalized spacial score (nSPS) is 27.6. The third-order valence-electron chi connectivity index (χ3n) is 4.19. The minimum absolute atomic E-state index is 0.449. The minimum Gasteiger partial charge on any atom is -0.490 e. The number of benzene rings is 1. The summed E-state index contributed by atoms with van der Waals surface area (Å²) in [6, 6.07) is 9.13. The Bertz CT molecular complexity index is 400. The zero-order valence-electron chi connectivity index (χ0n) is 11.6. The van der Waals surface area contributed by atoms with Gasteiger partial charge in [0.15, 0.2) is 0 Å². The summed E-state index contributed by atoms with van der Waals surface area (Å²) >= 11 is 2.06. The van der Waals surface area contributed by atoms with Crippen molar-refractivity contribution >= 4 is 17.4 Å². The number of rotatable bonds is 4. The van der Waals surface area contributed by atoms with Crippen molar-refractivity contribution < 1.29 is 4.74 Å². The summed E-state index contributed by atoms with van der Waals surface area (Å²) in [5.41, 5.74) is 1.22. The Kier molecular flexibility index (Phi) is 4.21. The maximum absolute atomic E-state index is 5.99. The van der Waals surface area contributed by atoms with Crippen molar-refractivity contribution in [1.82, 2.24) is 0 Å². The molecule has 2 aliphatic rings. The van der Waals surface area contributed by atoms with Crippen LogP contribution >= 0.6 is 11.8 Å². The highest BCUT2D eigenvalue weighted by molar-refractivity contribution is 8.00. The van der Waals surface area contributed by atoms with Gasteiger partial charge in [0, 0.05) is 17.0 Å². The van der Waals surface area contributed by atoms with Crippen LogP contribution < -0.4 is 10.1 Å². The van der Waals surface area contributed by atoms with Crippen molar-refractivity contribution in [2.24, 2.45) is 0 Å². The van der Waals surface area contributed by atoms with E-state index in [9.17, 15) is 0 Å². The molecule has 1 saturated carbocycles. The van der Waals surface area contributed by atoms with Crippen LogP contribution in [0.2, 0.25) is 0 Å². The molecule has 0 aromatic heterocycles. The molecular weight excluding hydrogens is 254 g/mol. The van der Waals surface area contributed by atoms with Crippen LogP contribution in [0.5, 0.6) is 5.75 Å². The summed E-state index contributed by atoms with van der Waals surface area (Å²) in [7, 11) is 0. The second-order valence-corrected chi connectivity index (χ2v) is 7.15. The van der Waals surface area contributed by atoms with Crippen LogP contribution in [0.15, 0.2) is 24.3 Å². The second kappa shape index (κ2) is 6.08. The first-order chi connectivity index (χ1) is 9.31. The average Bonchev–Trinajstić information content (AvgIpc) is 3.05. The summed E-state index contributed by atoms with van der Waals surface area (Å²) in [6.45, 7) is 2.31. The Morgan fingerprint density at radius 1 is 1.11 bits per heavy atom. The largest absolute Gasteiger partial charge is 0.490 e. The monoisotopic (exact) mass is 277 g/mol. The maximum Gasteiger partial charge on any atom is 0.119 e. The van der Waals surface area contributed by atoms with E-state index in [1.807, 2.05) is 0 Å². The van der Waals surface area contributed by atoms with Gasteiger partial charge in [0.05, 0.1) is 6.10 Å². The smallest absolute Gasteiger partial charge is 0.119 e. The van der Waals surface area contributed by atoms with Crippen LogP contribution in [0.1, 0.15) is 39.0 Å². The van der Waals surface area contributed by atoms with E-state index in [0.29, 0.717) is 12.1 Å². The summed E-state index contributed by atoms with van der Waals surface area (Å²) < 4.78 is 5.99. The van der Waals surface area contributed by atoms with E-state index in [4.69, 9.17) is 4.74 Å². The van der Waals surface area contributed by atoms with Crippen LogP contribution in [0, 0.1) is 0 Å². The molecule has 2 fully saturated rings. The lowest BCUT2D eigenvalue weighted by Gasteiger charge is -2.18. The molecule has 19 heavy (non-hydrogen) atoms. The zero-order valence-corrected chi connectivity index (χ0v) is 12.4. The first kappa shape index (κ1) is 13.2. The van der Waals surface area contributed by atoms with E-state index < -0.39 is 0 Å². The van der Waals surface area contributed by atoms with Gasteiger partial charge in [-0.25, -0.2) is 0 Å². The van der Waals surface area contributed by atoms with Crippen molar-refractivity contribution in [3.05, 3.63) is 24.3 Å². The average molecular weight is 277 g/mol. The quantitative estimate of drug-likeness (QED) is 0.886. The van der Waals surface area contributed by atoms with Crippen molar-refractivity contribution in [3.8, 4) is 5.75 Å². The third-order valence-corrected chi connectivity index (χ3v) is 5.51. The first-order valence-corrected chi connectivity index (χ1v) is 8.51. The van der Waals surface area contributed by atoms with Crippen molar-refractivity contribution in [3.63, 3.8) is 0 Å². The van der Waals surface area contributed by atoms with Crippen molar-refractivity contribution in [2.45, 2.75) is 56.4 Å². The van der Waals surface area contributed by atoms with Gasteiger partial charge in [-0.1, -0.05) is 6.92 Å². The van der Waals surface area contributed by atoms with E-state index in [0.717, 1.165) is 11.0 Å². The molecule has 1 heterocycles. The van der Waals surface area contributed by atoms with Crippen LogP contribution in [-0.2, 0) is 0 Å². The Balaban J connectivity index is 1.55. The summed E-state index contributed by atoms with van der Waals surface area (Å²) in [4.78, 5) is 0. The zero-order chi connectivity index (χ0) is 13.1. The number of anilines is 1. The fourth-order valence-electron chi connectivity index (χ4n) is 2.96. The Hall–Kier alpha value is -0.830. The van der Waals surface area contributed by atoms with Crippen molar-refractivity contribution in [1.29, 1.82) is 0 Å². The summed E-state index contributed by atoms with van der Waals surface area (Å²) in [5.74, 6) is 2.30. The lowest BCUT2D eigenvalue weighted by Crippen LogP contribution is -2.24. The van der Waals surface area contributed by atoms with Crippen LogP contribution in [0.25, 0.3) is 0 Å². The van der Waals surface area contributed by atoms with E-state index in [-0.39, 0.29) is 0 Å². The van der Waals surface area contributed by atoms with Crippen LogP contribution in [-0.4, -0.2) is 23.1 Å². The highest BCUT2D eigenvalue weighted by Gasteiger charge is 2.23. The minimum atomic E-state index is 0.449. The highest BCUT2D eigenvalue weighted by atomic mass is 32.2. The predicted molar refractivity (Wildman–Crippen MR) is 83.3 cm³/mol. The van der Waals surface area contributed by atoms with E-state index in [1.165, 1.54) is 43.5 Å². The van der Waals surface area contributed by atoms with Gasteiger partial charge < -0.3 is 10.1 Å². The molecule has 1 N–H and O–H groups in total. The SMILES string of the molecule is CC1SCCC1Nc1ccc(OC2CCCC2)cc1. The third kappa shape index (κ3) is 3.38. The molecule has 1 saturated heterocycles.